The topological polar surface area (TPSA) is 130 Å². The first kappa shape index (κ1) is 27.5. The van der Waals surface area contributed by atoms with Crippen LogP contribution in [0.15, 0.2) is 42.5 Å². The number of hydrogen-bond donors (Lipinski definition) is 3. The molecule has 0 aromatic heterocycles. The summed E-state index contributed by atoms with van der Waals surface area (Å²) < 4.78 is 39.1. The van der Waals surface area contributed by atoms with Gasteiger partial charge in [0, 0.05) is 37.4 Å². The van der Waals surface area contributed by atoms with E-state index in [1.54, 1.807) is 43.3 Å². The van der Waals surface area contributed by atoms with E-state index in [-0.39, 0.29) is 18.6 Å². The molecule has 2 aromatic rings. The number of anilines is 3. The Balaban J connectivity index is 1.93. The minimum atomic E-state index is -4.12. The lowest BCUT2D eigenvalue weighted by Crippen LogP contribution is -2.35. The van der Waals surface area contributed by atoms with Gasteiger partial charge in [0.15, 0.2) is 0 Å². The molecule has 1 aliphatic heterocycles. The fourth-order valence-electron chi connectivity index (χ4n) is 4.17. The first-order chi connectivity index (χ1) is 17.3. The Hall–Kier alpha value is -3.13. The number of benzene rings is 2. The van der Waals surface area contributed by atoms with Gasteiger partial charge >= 0.3 is 0 Å². The predicted octanol–water partition coefficient (Wildman–Crippen LogP) is 4.56. The number of methoxy groups -OCH3 is 1. The van der Waals surface area contributed by atoms with Crippen LogP contribution in [-0.4, -0.2) is 40.2 Å². The van der Waals surface area contributed by atoms with E-state index in [1.807, 2.05) is 6.07 Å². The maximum atomic E-state index is 12.9. The summed E-state index contributed by atoms with van der Waals surface area (Å²) in [5.74, 6) is -0.571. The van der Waals surface area contributed by atoms with Crippen LogP contribution < -0.4 is 15.4 Å². The highest BCUT2D eigenvalue weighted by molar-refractivity contribution is 7.90. The highest BCUT2D eigenvalue weighted by Gasteiger charge is 2.30. The summed E-state index contributed by atoms with van der Waals surface area (Å²) in [6.45, 7) is 4.58. The molecule has 1 heterocycles. The van der Waals surface area contributed by atoms with Crippen LogP contribution in [0.4, 0.5) is 17.1 Å². The van der Waals surface area contributed by atoms with Gasteiger partial charge in [-0.2, -0.15) is 5.26 Å². The van der Waals surface area contributed by atoms with E-state index >= 15 is 0 Å². The Bertz CT molecular complexity index is 1180. The smallest absolute Gasteiger partial charge is 0.266 e. The number of nitrogens with one attached hydrogen (secondary N) is 3. The van der Waals surface area contributed by atoms with E-state index in [1.165, 1.54) is 7.11 Å². The number of amides is 1. The van der Waals surface area contributed by atoms with Crippen LogP contribution in [0.5, 0.6) is 0 Å². The van der Waals surface area contributed by atoms with Gasteiger partial charge in [-0.15, -0.1) is 0 Å². The lowest BCUT2D eigenvalue weighted by Gasteiger charge is -2.31. The van der Waals surface area contributed by atoms with Crippen molar-refractivity contribution in [3.8, 4) is 6.07 Å². The first-order valence-electron chi connectivity index (χ1n) is 12.2. The molecular formula is C26H34N4O5S. The van der Waals surface area contributed by atoms with Crippen LogP contribution in [-0.2, 0) is 24.3 Å². The highest BCUT2D eigenvalue weighted by atomic mass is 32.2. The second-order valence-electron chi connectivity index (χ2n) is 8.77. The van der Waals surface area contributed by atoms with E-state index in [0.717, 1.165) is 30.6 Å². The lowest BCUT2D eigenvalue weighted by atomic mass is 10.0. The molecule has 2 aromatic carbocycles. The zero-order valence-corrected chi connectivity index (χ0v) is 21.7. The summed E-state index contributed by atoms with van der Waals surface area (Å²) in [6.07, 6.45) is 3.49. The van der Waals surface area contributed by atoms with Crippen LogP contribution in [0.3, 0.4) is 0 Å². The summed E-state index contributed by atoms with van der Waals surface area (Å²) in [4.78, 5) is 12.0. The fraction of sp³-hybridized carbons (Fsp3) is 0.462. The highest BCUT2D eigenvalue weighted by Crippen LogP contribution is 2.33. The molecule has 36 heavy (non-hydrogen) atoms. The van der Waals surface area contributed by atoms with Crippen molar-refractivity contribution in [3.05, 3.63) is 53.6 Å². The van der Waals surface area contributed by atoms with Gasteiger partial charge in [-0.3, -0.25) is 9.52 Å². The zero-order valence-electron chi connectivity index (χ0n) is 20.9. The summed E-state index contributed by atoms with van der Waals surface area (Å²) in [6, 6.07) is 14.5. The normalized spacial score (nSPS) is 18.6. The number of ether oxygens (including phenoxy) is 2. The third-order valence-electron chi connectivity index (χ3n) is 6.02. The second kappa shape index (κ2) is 12.7. The third-order valence-corrected chi connectivity index (χ3v) is 7.56. The molecule has 0 spiro atoms. The number of hydrogen-bond acceptors (Lipinski definition) is 8. The lowest BCUT2D eigenvalue weighted by molar-refractivity contribution is -0.119. The summed E-state index contributed by atoms with van der Waals surface area (Å²) >= 11 is 0. The average Bonchev–Trinajstić information content (AvgIpc) is 2.86. The molecule has 1 fully saturated rings. The van der Waals surface area contributed by atoms with Crippen LogP contribution in [0.1, 0.15) is 62.5 Å². The largest absolute Gasteiger partial charge is 0.380 e. The first-order valence-corrected chi connectivity index (χ1v) is 13.7. The van der Waals surface area contributed by atoms with Crippen molar-refractivity contribution in [1.29, 1.82) is 5.26 Å². The van der Waals surface area contributed by atoms with Gasteiger partial charge in [0.25, 0.3) is 10.0 Å². The quantitative estimate of drug-likeness (QED) is 0.398. The molecule has 3 rings (SSSR count). The minimum Gasteiger partial charge on any atom is -0.380 e. The van der Waals surface area contributed by atoms with Gasteiger partial charge < -0.3 is 20.1 Å². The zero-order chi connectivity index (χ0) is 26.1. The molecule has 3 N–H and O–H groups in total. The van der Waals surface area contributed by atoms with E-state index in [4.69, 9.17) is 14.7 Å². The monoisotopic (exact) mass is 514 g/mol. The van der Waals surface area contributed by atoms with Crippen molar-refractivity contribution in [3.63, 3.8) is 0 Å². The van der Waals surface area contributed by atoms with E-state index in [0.29, 0.717) is 29.8 Å². The van der Waals surface area contributed by atoms with Crippen molar-refractivity contribution in [2.75, 3.05) is 24.4 Å². The van der Waals surface area contributed by atoms with Gasteiger partial charge in [-0.05, 0) is 62.1 Å². The Kier molecular flexibility index (Phi) is 9.70. The minimum absolute atomic E-state index is 0.105. The molecule has 0 aliphatic carbocycles. The Morgan fingerprint density at radius 2 is 1.94 bits per heavy atom. The van der Waals surface area contributed by atoms with Crippen molar-refractivity contribution < 1.29 is 22.7 Å². The molecule has 0 radical (unpaired) electrons. The summed E-state index contributed by atoms with van der Waals surface area (Å²) in [7, 11) is -2.83. The Morgan fingerprint density at radius 1 is 1.19 bits per heavy atom. The number of carbonyl (C=O) groups is 1. The van der Waals surface area contributed by atoms with Gasteiger partial charge in [0.2, 0.25) is 11.3 Å². The van der Waals surface area contributed by atoms with E-state index in [2.05, 4.69) is 28.3 Å². The molecule has 0 bridgehead atoms. The van der Waals surface area contributed by atoms with Crippen LogP contribution in [0, 0.1) is 11.3 Å². The van der Waals surface area contributed by atoms with Crippen molar-refractivity contribution in [1.82, 2.24) is 4.72 Å². The van der Waals surface area contributed by atoms with Crippen LogP contribution >= 0.6 is 0 Å². The fourth-order valence-corrected chi connectivity index (χ4v) is 5.45. The second-order valence-corrected chi connectivity index (χ2v) is 10.5. The average molecular weight is 515 g/mol. The summed E-state index contributed by atoms with van der Waals surface area (Å²) in [5, 5.41) is 16.0. The van der Waals surface area contributed by atoms with Crippen molar-refractivity contribution in [2.45, 2.75) is 63.5 Å². The van der Waals surface area contributed by atoms with Crippen molar-refractivity contribution in [2.24, 2.45) is 0 Å². The maximum absolute atomic E-state index is 12.9. The molecule has 1 amide bonds. The number of nitriles is 1. The molecule has 0 saturated carbocycles. The molecule has 194 valence electrons. The Labute approximate surface area is 213 Å². The molecule has 1 saturated heterocycles. The molecule has 1 aliphatic rings. The van der Waals surface area contributed by atoms with Gasteiger partial charge in [-0.25, -0.2) is 8.42 Å². The molecule has 9 nitrogen and oxygen atoms in total. The third kappa shape index (κ3) is 7.20. The number of rotatable bonds is 11. The molecule has 3 unspecified atom stereocenters. The molecular weight excluding hydrogens is 480 g/mol. The SMILES string of the molecule is CCCC(=O)NS(=O)(=O)C(OC)c1ccc(NC2CCOC(CC)C2)c(Nc2ccc(C#N)cc2)c1. The van der Waals surface area contributed by atoms with Crippen LogP contribution in [0.2, 0.25) is 0 Å². The Morgan fingerprint density at radius 3 is 2.58 bits per heavy atom. The maximum Gasteiger partial charge on any atom is 0.266 e. The number of nitrogens with zero attached hydrogens (tertiary/aromatic N) is 1. The standard InChI is InChI=1S/C26H34N4O5S/c1-4-6-25(31)30-36(32,33)26(34-3)19-9-12-23(29-21-13-14-35-22(5-2)16-21)24(15-19)28-20-10-7-18(17-27)8-11-20/h7-12,15,21-22,26,28-29H,4-6,13-14,16H2,1-3H3,(H,30,31). The van der Waals surface area contributed by atoms with Gasteiger partial charge in [-0.1, -0.05) is 19.9 Å². The summed E-state index contributed by atoms with van der Waals surface area (Å²) in [5.41, 5.74) is 1.71. The van der Waals surface area contributed by atoms with E-state index in [9.17, 15) is 13.2 Å². The van der Waals surface area contributed by atoms with Gasteiger partial charge in [0.05, 0.1) is 29.1 Å². The van der Waals surface area contributed by atoms with Crippen molar-refractivity contribution >= 4 is 33.0 Å². The predicted molar refractivity (Wildman–Crippen MR) is 139 cm³/mol. The van der Waals surface area contributed by atoms with E-state index < -0.39 is 21.4 Å². The van der Waals surface area contributed by atoms with Crippen LogP contribution in [0.25, 0.3) is 0 Å². The molecule has 10 heteroatoms. The number of sulfonamides is 1. The van der Waals surface area contributed by atoms with Gasteiger partial charge in [0.1, 0.15) is 0 Å². The molecule has 3 atom stereocenters. The number of carbonyl (C=O) groups excluding carboxylic acids is 1.